The highest BCUT2D eigenvalue weighted by molar-refractivity contribution is 5.80. The topological polar surface area (TPSA) is 57.0 Å². The van der Waals surface area contributed by atoms with Crippen molar-refractivity contribution in [1.29, 1.82) is 0 Å². The lowest BCUT2D eigenvalue weighted by atomic mass is 9.96. The van der Waals surface area contributed by atoms with Gasteiger partial charge in [-0.25, -0.2) is 4.98 Å². The van der Waals surface area contributed by atoms with Crippen molar-refractivity contribution in [2.75, 3.05) is 6.54 Å². The molecule has 0 aliphatic heterocycles. The number of hydrogen-bond acceptors (Lipinski definition) is 3. The van der Waals surface area contributed by atoms with Crippen LogP contribution in [0.15, 0.2) is 41.0 Å². The van der Waals surface area contributed by atoms with Crippen LogP contribution < -0.4 is 5.73 Å². The van der Waals surface area contributed by atoms with E-state index in [1.165, 1.54) is 5.56 Å². The summed E-state index contributed by atoms with van der Waals surface area (Å²) in [4.78, 5) is 4.64. The zero-order valence-electron chi connectivity index (χ0n) is 11.8. The maximum atomic E-state index is 5.84. The van der Waals surface area contributed by atoms with Crippen molar-refractivity contribution in [3.05, 3.63) is 42.2 Å². The number of imidazole rings is 1. The summed E-state index contributed by atoms with van der Waals surface area (Å²) in [6, 6.07) is 10.2. The Morgan fingerprint density at radius 3 is 2.85 bits per heavy atom. The van der Waals surface area contributed by atoms with Crippen LogP contribution in [0.25, 0.3) is 22.6 Å². The molecule has 0 amide bonds. The van der Waals surface area contributed by atoms with Crippen LogP contribution in [0, 0.1) is 0 Å². The summed E-state index contributed by atoms with van der Waals surface area (Å²) in [7, 11) is 2.01. The average molecular weight is 269 g/mol. The van der Waals surface area contributed by atoms with E-state index in [0.717, 1.165) is 29.0 Å². The van der Waals surface area contributed by atoms with E-state index in [9.17, 15) is 0 Å². The molecule has 0 radical (unpaired) electrons. The molecular formula is C16H19N3O. The number of furan rings is 1. The van der Waals surface area contributed by atoms with Crippen LogP contribution in [0.5, 0.6) is 0 Å². The Morgan fingerprint density at radius 2 is 2.20 bits per heavy atom. The van der Waals surface area contributed by atoms with Crippen molar-refractivity contribution in [1.82, 2.24) is 9.55 Å². The summed E-state index contributed by atoms with van der Waals surface area (Å²) in [5, 5.41) is 0. The maximum Gasteiger partial charge on any atom is 0.176 e. The van der Waals surface area contributed by atoms with Crippen molar-refractivity contribution in [3.8, 4) is 11.6 Å². The van der Waals surface area contributed by atoms with Gasteiger partial charge in [-0.2, -0.15) is 0 Å². The predicted octanol–water partition coefficient (Wildman–Crippen LogP) is 3.29. The zero-order valence-corrected chi connectivity index (χ0v) is 11.8. The van der Waals surface area contributed by atoms with Crippen LogP contribution in [0.1, 0.15) is 24.8 Å². The van der Waals surface area contributed by atoms with Crippen molar-refractivity contribution in [2.24, 2.45) is 12.8 Å². The average Bonchev–Trinajstić information content (AvgIpc) is 3.09. The van der Waals surface area contributed by atoms with E-state index in [-0.39, 0.29) is 0 Å². The van der Waals surface area contributed by atoms with Crippen molar-refractivity contribution in [2.45, 2.75) is 19.3 Å². The molecule has 0 saturated heterocycles. The molecule has 2 aromatic heterocycles. The molecule has 20 heavy (non-hydrogen) atoms. The van der Waals surface area contributed by atoms with Gasteiger partial charge in [-0.1, -0.05) is 13.0 Å². The first-order valence-corrected chi connectivity index (χ1v) is 6.95. The summed E-state index contributed by atoms with van der Waals surface area (Å²) >= 11 is 0. The number of aromatic nitrogens is 2. The first kappa shape index (κ1) is 12.9. The van der Waals surface area contributed by atoms with E-state index in [1.54, 1.807) is 6.26 Å². The molecule has 4 heteroatoms. The second-order valence-corrected chi connectivity index (χ2v) is 5.06. The van der Waals surface area contributed by atoms with Gasteiger partial charge in [0.2, 0.25) is 0 Å². The van der Waals surface area contributed by atoms with Gasteiger partial charge in [-0.15, -0.1) is 0 Å². The lowest BCUT2D eigenvalue weighted by Gasteiger charge is -2.12. The second kappa shape index (κ2) is 5.13. The predicted molar refractivity (Wildman–Crippen MR) is 80.5 cm³/mol. The van der Waals surface area contributed by atoms with Crippen LogP contribution in [0.4, 0.5) is 0 Å². The molecule has 2 N–H and O–H groups in total. The minimum atomic E-state index is 0.404. The van der Waals surface area contributed by atoms with Crippen LogP contribution >= 0.6 is 0 Å². The molecule has 1 unspecified atom stereocenters. The fraction of sp³-hybridized carbons (Fsp3) is 0.312. The highest BCUT2D eigenvalue weighted by Gasteiger charge is 2.14. The number of nitrogens with two attached hydrogens (primary N) is 1. The fourth-order valence-corrected chi connectivity index (χ4v) is 2.63. The number of nitrogens with zero attached hydrogens (tertiary/aromatic N) is 2. The quantitative estimate of drug-likeness (QED) is 0.790. The number of fused-ring (bicyclic) bond motifs is 1. The Kier molecular flexibility index (Phi) is 3.32. The van der Waals surface area contributed by atoms with E-state index in [4.69, 9.17) is 10.2 Å². The summed E-state index contributed by atoms with van der Waals surface area (Å²) in [5.74, 6) is 2.04. The van der Waals surface area contributed by atoms with E-state index >= 15 is 0 Å². The van der Waals surface area contributed by atoms with E-state index < -0.39 is 0 Å². The lowest BCUT2D eigenvalue weighted by molar-refractivity contribution is 0.574. The van der Waals surface area contributed by atoms with Gasteiger partial charge in [0.15, 0.2) is 11.6 Å². The SMILES string of the molecule is CCC(CN)c1ccc2nc(-c3ccco3)n(C)c2c1. The highest BCUT2D eigenvalue weighted by Crippen LogP contribution is 2.27. The van der Waals surface area contributed by atoms with E-state index in [1.807, 2.05) is 19.2 Å². The van der Waals surface area contributed by atoms with Crippen molar-refractivity contribution < 1.29 is 4.42 Å². The molecule has 4 nitrogen and oxygen atoms in total. The van der Waals surface area contributed by atoms with Crippen LogP contribution in [-0.4, -0.2) is 16.1 Å². The summed E-state index contributed by atoms with van der Waals surface area (Å²) < 4.78 is 7.52. The highest BCUT2D eigenvalue weighted by atomic mass is 16.3. The Hall–Kier alpha value is -2.07. The molecule has 0 spiro atoms. The van der Waals surface area contributed by atoms with Gasteiger partial charge in [0.25, 0.3) is 0 Å². The van der Waals surface area contributed by atoms with Gasteiger partial charge in [0.05, 0.1) is 17.3 Å². The molecule has 0 bridgehead atoms. The first-order chi connectivity index (χ1) is 9.74. The third-order valence-electron chi connectivity index (χ3n) is 3.90. The zero-order chi connectivity index (χ0) is 14.1. The molecule has 3 aromatic rings. The Balaban J connectivity index is 2.13. The summed E-state index contributed by atoms with van der Waals surface area (Å²) in [6.07, 6.45) is 2.71. The lowest BCUT2D eigenvalue weighted by Crippen LogP contribution is -2.11. The van der Waals surface area contributed by atoms with Crippen molar-refractivity contribution >= 4 is 11.0 Å². The third kappa shape index (κ3) is 2.02. The number of benzene rings is 1. The third-order valence-corrected chi connectivity index (χ3v) is 3.90. The second-order valence-electron chi connectivity index (χ2n) is 5.06. The van der Waals surface area contributed by atoms with Crippen LogP contribution in [0.3, 0.4) is 0 Å². The van der Waals surface area contributed by atoms with Gasteiger partial charge >= 0.3 is 0 Å². The Bertz CT molecular complexity index is 709. The monoisotopic (exact) mass is 269 g/mol. The smallest absolute Gasteiger partial charge is 0.176 e. The normalized spacial score (nSPS) is 12.9. The standard InChI is InChI=1S/C16H19N3O/c1-3-11(10-17)12-6-7-13-14(9-12)19(2)16(18-13)15-5-4-8-20-15/h4-9,11H,3,10,17H2,1-2H3. The minimum Gasteiger partial charge on any atom is -0.461 e. The first-order valence-electron chi connectivity index (χ1n) is 6.95. The number of rotatable bonds is 4. The molecule has 0 aliphatic carbocycles. The molecule has 104 valence electrons. The maximum absolute atomic E-state index is 5.84. The molecule has 0 saturated carbocycles. The largest absolute Gasteiger partial charge is 0.461 e. The van der Waals surface area contributed by atoms with E-state index in [0.29, 0.717) is 12.5 Å². The summed E-state index contributed by atoms with van der Waals surface area (Å²) in [5.41, 5.74) is 9.21. The van der Waals surface area contributed by atoms with Gasteiger partial charge in [-0.05, 0) is 48.7 Å². The van der Waals surface area contributed by atoms with Crippen molar-refractivity contribution in [3.63, 3.8) is 0 Å². The number of hydrogen-bond donors (Lipinski definition) is 1. The molecule has 0 fully saturated rings. The van der Waals surface area contributed by atoms with E-state index in [2.05, 4.69) is 34.7 Å². The molecule has 2 heterocycles. The van der Waals surface area contributed by atoms with Gasteiger partial charge in [0, 0.05) is 7.05 Å². The molecule has 0 aliphatic rings. The van der Waals surface area contributed by atoms with Gasteiger partial charge in [-0.3, -0.25) is 0 Å². The summed E-state index contributed by atoms with van der Waals surface area (Å²) in [6.45, 7) is 2.84. The molecular weight excluding hydrogens is 250 g/mol. The molecule has 3 rings (SSSR count). The van der Waals surface area contributed by atoms with Crippen LogP contribution in [-0.2, 0) is 7.05 Å². The van der Waals surface area contributed by atoms with Gasteiger partial charge < -0.3 is 14.7 Å². The molecule has 1 atom stereocenters. The fourth-order valence-electron chi connectivity index (χ4n) is 2.63. The van der Waals surface area contributed by atoms with Crippen LogP contribution in [0.2, 0.25) is 0 Å². The minimum absolute atomic E-state index is 0.404. The Labute approximate surface area is 118 Å². The number of aryl methyl sites for hydroxylation is 1. The van der Waals surface area contributed by atoms with Gasteiger partial charge in [0.1, 0.15) is 0 Å². The molecule has 1 aromatic carbocycles. The Morgan fingerprint density at radius 1 is 1.35 bits per heavy atom.